The van der Waals surface area contributed by atoms with Gasteiger partial charge in [0, 0.05) is 26.1 Å². The summed E-state index contributed by atoms with van der Waals surface area (Å²) < 4.78 is 11.9. The lowest BCUT2D eigenvalue weighted by Gasteiger charge is -2.15. The van der Waals surface area contributed by atoms with E-state index in [2.05, 4.69) is 25.7 Å². The lowest BCUT2D eigenvalue weighted by molar-refractivity contribution is 0.585. The number of rotatable bonds is 5. The van der Waals surface area contributed by atoms with E-state index in [-0.39, 0.29) is 0 Å². The summed E-state index contributed by atoms with van der Waals surface area (Å²) in [5.41, 5.74) is 1.30. The molecule has 0 aliphatic rings. The van der Waals surface area contributed by atoms with E-state index in [1.54, 1.807) is 44.8 Å². The SMILES string of the molecule is CNc1nc(Nc2ccc(Cl)c(Cl)c2)ncc1NP(C)(C)=O. The molecule has 0 aliphatic carbocycles. The van der Waals surface area contributed by atoms with Gasteiger partial charge in [0.05, 0.1) is 16.2 Å². The molecular formula is C13H16Cl2N5OP. The van der Waals surface area contributed by atoms with Gasteiger partial charge in [-0.25, -0.2) is 4.98 Å². The van der Waals surface area contributed by atoms with Crippen LogP contribution in [0.15, 0.2) is 24.4 Å². The van der Waals surface area contributed by atoms with Crippen LogP contribution in [-0.4, -0.2) is 30.3 Å². The molecule has 0 saturated heterocycles. The van der Waals surface area contributed by atoms with Crippen molar-refractivity contribution < 1.29 is 4.57 Å². The maximum Gasteiger partial charge on any atom is 0.229 e. The smallest absolute Gasteiger partial charge is 0.229 e. The van der Waals surface area contributed by atoms with Crippen molar-refractivity contribution in [2.45, 2.75) is 0 Å². The third-order valence-corrected chi connectivity index (χ3v) is 4.11. The van der Waals surface area contributed by atoms with E-state index in [0.29, 0.717) is 33.2 Å². The maximum atomic E-state index is 11.9. The molecule has 0 atom stereocenters. The second-order valence-corrected chi connectivity index (χ2v) is 8.66. The second-order valence-electron chi connectivity index (χ2n) is 4.92. The predicted octanol–water partition coefficient (Wildman–Crippen LogP) is 4.52. The first-order valence-electron chi connectivity index (χ1n) is 6.38. The van der Waals surface area contributed by atoms with Gasteiger partial charge >= 0.3 is 0 Å². The van der Waals surface area contributed by atoms with Gasteiger partial charge in [0.2, 0.25) is 5.95 Å². The van der Waals surface area contributed by atoms with E-state index in [1.165, 1.54) is 0 Å². The van der Waals surface area contributed by atoms with E-state index >= 15 is 0 Å². The fourth-order valence-electron chi connectivity index (χ4n) is 1.71. The summed E-state index contributed by atoms with van der Waals surface area (Å²) in [7, 11) is -0.715. The summed E-state index contributed by atoms with van der Waals surface area (Å²) in [5, 5.41) is 9.81. The molecule has 3 N–H and O–H groups in total. The quantitative estimate of drug-likeness (QED) is 0.681. The molecule has 1 aromatic carbocycles. The largest absolute Gasteiger partial charge is 0.371 e. The molecule has 0 aliphatic heterocycles. The van der Waals surface area contributed by atoms with Crippen molar-refractivity contribution in [3.05, 3.63) is 34.4 Å². The number of benzene rings is 1. The Morgan fingerprint density at radius 2 is 1.91 bits per heavy atom. The highest BCUT2D eigenvalue weighted by Crippen LogP contribution is 2.38. The number of anilines is 4. The molecule has 9 heteroatoms. The Kier molecular flexibility index (Phi) is 5.16. The second kappa shape index (κ2) is 6.73. The first-order valence-corrected chi connectivity index (χ1v) is 9.74. The molecule has 22 heavy (non-hydrogen) atoms. The third-order valence-electron chi connectivity index (χ3n) is 2.59. The van der Waals surface area contributed by atoms with Crippen LogP contribution in [0.25, 0.3) is 0 Å². The van der Waals surface area contributed by atoms with Crippen LogP contribution in [0, 0.1) is 0 Å². The molecule has 0 amide bonds. The van der Waals surface area contributed by atoms with Gasteiger partial charge in [-0.3, -0.25) is 0 Å². The first kappa shape index (κ1) is 16.9. The average Bonchev–Trinajstić information content (AvgIpc) is 2.43. The van der Waals surface area contributed by atoms with Gasteiger partial charge < -0.3 is 20.3 Å². The van der Waals surface area contributed by atoms with E-state index in [9.17, 15) is 4.57 Å². The minimum atomic E-state index is -2.44. The Morgan fingerprint density at radius 1 is 1.18 bits per heavy atom. The highest BCUT2D eigenvalue weighted by Gasteiger charge is 2.12. The molecule has 0 saturated carbocycles. The van der Waals surface area contributed by atoms with Crippen LogP contribution >= 0.6 is 30.5 Å². The molecule has 0 fully saturated rings. The molecule has 0 unspecified atom stereocenters. The van der Waals surface area contributed by atoms with Gasteiger partial charge in [0.25, 0.3) is 0 Å². The molecule has 0 radical (unpaired) electrons. The van der Waals surface area contributed by atoms with Gasteiger partial charge in [-0.1, -0.05) is 23.2 Å². The van der Waals surface area contributed by atoms with Gasteiger partial charge in [-0.05, 0) is 18.2 Å². The highest BCUT2D eigenvalue weighted by atomic mass is 35.5. The lowest BCUT2D eigenvalue weighted by atomic mass is 10.3. The molecule has 0 bridgehead atoms. The average molecular weight is 360 g/mol. The Bertz CT molecular complexity index is 734. The standard InChI is InChI=1S/C13H16Cl2N5OP/c1-16-12-11(20-22(2,3)21)7-17-13(19-12)18-8-4-5-9(14)10(15)6-8/h4-7H,1-3H3,(H,20,21)(H2,16,17,18,19). The molecule has 118 valence electrons. The zero-order chi connectivity index (χ0) is 16.3. The molecule has 1 heterocycles. The van der Waals surface area contributed by atoms with Crippen LogP contribution in [0.1, 0.15) is 0 Å². The Balaban J connectivity index is 2.25. The Hall–Kier alpha value is -1.49. The summed E-state index contributed by atoms with van der Waals surface area (Å²) in [6.07, 6.45) is 1.57. The molecule has 6 nitrogen and oxygen atoms in total. The van der Waals surface area contributed by atoms with E-state index < -0.39 is 7.29 Å². The van der Waals surface area contributed by atoms with Gasteiger partial charge in [0.15, 0.2) is 13.1 Å². The Labute approximate surface area is 139 Å². The number of halogens is 2. The highest BCUT2D eigenvalue weighted by molar-refractivity contribution is 7.63. The van der Waals surface area contributed by atoms with Crippen molar-refractivity contribution >= 4 is 53.6 Å². The van der Waals surface area contributed by atoms with Gasteiger partial charge in [0.1, 0.15) is 5.69 Å². The minimum Gasteiger partial charge on any atom is -0.371 e. The van der Waals surface area contributed by atoms with Crippen molar-refractivity contribution in [3.63, 3.8) is 0 Å². The molecular weight excluding hydrogens is 344 g/mol. The number of nitrogens with one attached hydrogen (secondary N) is 3. The van der Waals surface area contributed by atoms with Crippen molar-refractivity contribution in [2.24, 2.45) is 0 Å². The van der Waals surface area contributed by atoms with Crippen molar-refractivity contribution in [3.8, 4) is 0 Å². The van der Waals surface area contributed by atoms with Gasteiger partial charge in [-0.15, -0.1) is 0 Å². The summed E-state index contributed by atoms with van der Waals surface area (Å²) in [6.45, 7) is 3.27. The van der Waals surface area contributed by atoms with Crippen LogP contribution in [0.5, 0.6) is 0 Å². The normalized spacial score (nSPS) is 11.1. The van der Waals surface area contributed by atoms with Crippen molar-refractivity contribution in [1.82, 2.24) is 9.97 Å². The van der Waals surface area contributed by atoms with Crippen LogP contribution in [0.3, 0.4) is 0 Å². The fraction of sp³-hybridized carbons (Fsp3) is 0.231. The van der Waals surface area contributed by atoms with Crippen LogP contribution in [-0.2, 0) is 4.57 Å². The first-order chi connectivity index (χ1) is 10.3. The van der Waals surface area contributed by atoms with Crippen LogP contribution < -0.4 is 15.7 Å². The Morgan fingerprint density at radius 3 is 2.50 bits per heavy atom. The predicted molar refractivity (Wildman–Crippen MR) is 94.4 cm³/mol. The number of hydrogen-bond donors (Lipinski definition) is 3. The summed E-state index contributed by atoms with van der Waals surface area (Å²) in [5.74, 6) is 0.928. The minimum absolute atomic E-state index is 0.385. The van der Waals surface area contributed by atoms with E-state index in [0.717, 1.165) is 0 Å². The van der Waals surface area contributed by atoms with E-state index in [4.69, 9.17) is 23.2 Å². The zero-order valence-corrected chi connectivity index (χ0v) is 14.7. The third kappa shape index (κ3) is 4.50. The summed E-state index contributed by atoms with van der Waals surface area (Å²) in [6, 6.07) is 5.14. The van der Waals surface area contributed by atoms with E-state index in [1.807, 2.05) is 0 Å². The lowest BCUT2D eigenvalue weighted by Crippen LogP contribution is -2.05. The monoisotopic (exact) mass is 359 g/mol. The summed E-state index contributed by atoms with van der Waals surface area (Å²) >= 11 is 11.8. The van der Waals surface area contributed by atoms with Gasteiger partial charge in [-0.2, -0.15) is 4.98 Å². The maximum absolute atomic E-state index is 11.9. The molecule has 1 aromatic heterocycles. The molecule has 2 rings (SSSR count). The molecule has 0 spiro atoms. The number of aromatic nitrogens is 2. The van der Waals surface area contributed by atoms with Crippen LogP contribution in [0.2, 0.25) is 10.0 Å². The van der Waals surface area contributed by atoms with Crippen LogP contribution in [0.4, 0.5) is 23.1 Å². The zero-order valence-electron chi connectivity index (χ0n) is 12.3. The number of hydrogen-bond acceptors (Lipinski definition) is 5. The van der Waals surface area contributed by atoms with Crippen molar-refractivity contribution in [2.75, 3.05) is 36.1 Å². The summed E-state index contributed by atoms with van der Waals surface area (Å²) in [4.78, 5) is 8.53. The fourth-order valence-corrected chi connectivity index (χ4v) is 2.75. The number of nitrogens with zero attached hydrogens (tertiary/aromatic N) is 2. The topological polar surface area (TPSA) is 78.9 Å². The molecule has 2 aromatic rings. The van der Waals surface area contributed by atoms with Crippen molar-refractivity contribution in [1.29, 1.82) is 0 Å².